The molecule has 25 heavy (non-hydrogen) atoms. The predicted molar refractivity (Wildman–Crippen MR) is 93.1 cm³/mol. The van der Waals surface area contributed by atoms with Gasteiger partial charge in [0.05, 0.1) is 12.2 Å². The summed E-state index contributed by atoms with van der Waals surface area (Å²) in [5.41, 5.74) is 2.67. The van der Waals surface area contributed by atoms with Crippen LogP contribution in [0.3, 0.4) is 0 Å². The molecule has 0 aromatic heterocycles. The molecule has 2 heterocycles. The number of benzene rings is 2. The van der Waals surface area contributed by atoms with Crippen LogP contribution in [0, 0.1) is 6.92 Å². The number of imide groups is 1. The van der Waals surface area contributed by atoms with Crippen molar-refractivity contribution in [3.8, 4) is 0 Å². The summed E-state index contributed by atoms with van der Waals surface area (Å²) >= 11 is 5.88. The molecule has 1 saturated heterocycles. The second-order valence-electron chi connectivity index (χ2n) is 6.17. The molecule has 0 N–H and O–H groups in total. The Balaban J connectivity index is 1.59. The SMILES string of the molecule is Cc1ccc(CN2N=N[C@@H]3C(=O)N(c4ccc(Cl)cc4)C(=O)[C@H]32)cc1. The van der Waals surface area contributed by atoms with Gasteiger partial charge in [-0.05, 0) is 36.8 Å². The third-order valence-electron chi connectivity index (χ3n) is 4.41. The normalized spacial score (nSPS) is 22.0. The highest BCUT2D eigenvalue weighted by Gasteiger charge is 2.54. The number of fused-ring (bicyclic) bond motifs is 1. The largest absolute Gasteiger partial charge is 0.271 e. The summed E-state index contributed by atoms with van der Waals surface area (Å²) in [7, 11) is 0. The van der Waals surface area contributed by atoms with Gasteiger partial charge in [0.2, 0.25) is 0 Å². The summed E-state index contributed by atoms with van der Waals surface area (Å²) < 4.78 is 0. The Morgan fingerprint density at radius 2 is 1.68 bits per heavy atom. The molecule has 0 saturated carbocycles. The molecule has 2 atom stereocenters. The lowest BCUT2D eigenvalue weighted by molar-refractivity contribution is -0.123. The van der Waals surface area contributed by atoms with E-state index in [0.29, 0.717) is 17.3 Å². The average molecular weight is 355 g/mol. The van der Waals surface area contributed by atoms with Crippen LogP contribution in [0.1, 0.15) is 11.1 Å². The predicted octanol–water partition coefficient (Wildman–Crippen LogP) is 3.14. The number of halogens is 1. The molecular weight excluding hydrogens is 340 g/mol. The third-order valence-corrected chi connectivity index (χ3v) is 4.66. The highest BCUT2D eigenvalue weighted by molar-refractivity contribution is 6.31. The Labute approximate surface area is 149 Å². The van der Waals surface area contributed by atoms with Gasteiger partial charge in [-0.1, -0.05) is 46.7 Å². The van der Waals surface area contributed by atoms with Crippen LogP contribution in [-0.4, -0.2) is 28.9 Å². The van der Waals surface area contributed by atoms with E-state index in [4.69, 9.17) is 11.6 Å². The maximum Gasteiger partial charge on any atom is 0.263 e. The molecule has 4 rings (SSSR count). The lowest BCUT2D eigenvalue weighted by Gasteiger charge is -2.20. The van der Waals surface area contributed by atoms with E-state index in [-0.39, 0.29) is 11.8 Å². The van der Waals surface area contributed by atoms with Crippen molar-refractivity contribution in [2.75, 3.05) is 4.90 Å². The van der Waals surface area contributed by atoms with E-state index in [2.05, 4.69) is 10.3 Å². The van der Waals surface area contributed by atoms with Gasteiger partial charge in [0.1, 0.15) is 0 Å². The summed E-state index contributed by atoms with van der Waals surface area (Å²) in [6.45, 7) is 2.44. The van der Waals surface area contributed by atoms with Gasteiger partial charge in [0, 0.05) is 5.02 Å². The lowest BCUT2D eigenvalue weighted by atomic mass is 10.1. The molecule has 6 nitrogen and oxygen atoms in total. The molecule has 0 spiro atoms. The van der Waals surface area contributed by atoms with Gasteiger partial charge in [0.25, 0.3) is 11.8 Å². The fourth-order valence-corrected chi connectivity index (χ4v) is 3.21. The number of hydrogen-bond acceptors (Lipinski definition) is 5. The smallest absolute Gasteiger partial charge is 0.263 e. The summed E-state index contributed by atoms with van der Waals surface area (Å²) in [5, 5.41) is 10.2. The molecule has 0 bridgehead atoms. The second-order valence-corrected chi connectivity index (χ2v) is 6.60. The first-order valence-electron chi connectivity index (χ1n) is 7.91. The van der Waals surface area contributed by atoms with E-state index < -0.39 is 12.1 Å². The van der Waals surface area contributed by atoms with Crippen LogP contribution >= 0.6 is 11.6 Å². The van der Waals surface area contributed by atoms with Gasteiger partial charge >= 0.3 is 0 Å². The van der Waals surface area contributed by atoms with Crippen molar-refractivity contribution in [2.24, 2.45) is 10.3 Å². The van der Waals surface area contributed by atoms with Crippen molar-refractivity contribution in [1.29, 1.82) is 0 Å². The van der Waals surface area contributed by atoms with Gasteiger partial charge in [-0.2, -0.15) is 5.11 Å². The summed E-state index contributed by atoms with van der Waals surface area (Å²) in [6.07, 6.45) is 0. The average Bonchev–Trinajstić information content (AvgIpc) is 3.12. The molecule has 126 valence electrons. The molecule has 2 aromatic rings. The standard InChI is InChI=1S/C18H15ClN4O2/c1-11-2-4-12(5-3-11)10-22-16-15(20-21-22)17(24)23(18(16)25)14-8-6-13(19)7-9-14/h2-9,15-16H,10H2,1H3/t15-,16-/m0/s1. The Hall–Kier alpha value is -2.73. The van der Waals surface area contributed by atoms with Gasteiger partial charge in [-0.3, -0.25) is 14.6 Å². The Morgan fingerprint density at radius 3 is 2.36 bits per heavy atom. The zero-order valence-electron chi connectivity index (χ0n) is 13.5. The Morgan fingerprint density at radius 1 is 1.00 bits per heavy atom. The topological polar surface area (TPSA) is 65.3 Å². The summed E-state index contributed by atoms with van der Waals surface area (Å²) in [6, 6.07) is 13.1. The number of aryl methyl sites for hydroxylation is 1. The summed E-state index contributed by atoms with van der Waals surface area (Å²) in [4.78, 5) is 26.6. The maximum absolute atomic E-state index is 12.8. The molecular formula is C18H15ClN4O2. The minimum Gasteiger partial charge on any atom is -0.271 e. The Bertz CT molecular complexity index is 864. The van der Waals surface area contributed by atoms with E-state index in [1.165, 1.54) is 4.90 Å². The van der Waals surface area contributed by atoms with E-state index in [0.717, 1.165) is 11.1 Å². The first-order chi connectivity index (χ1) is 12.0. The first kappa shape index (κ1) is 15.8. The van der Waals surface area contributed by atoms with Crippen molar-refractivity contribution >= 4 is 29.1 Å². The number of carbonyl (C=O) groups excluding carboxylic acids is 2. The van der Waals surface area contributed by atoms with Crippen LogP contribution in [0.25, 0.3) is 0 Å². The van der Waals surface area contributed by atoms with Crippen molar-refractivity contribution in [2.45, 2.75) is 25.6 Å². The first-order valence-corrected chi connectivity index (χ1v) is 8.29. The number of anilines is 1. The zero-order chi connectivity index (χ0) is 17.6. The highest BCUT2D eigenvalue weighted by atomic mass is 35.5. The van der Waals surface area contributed by atoms with Crippen LogP contribution in [0.5, 0.6) is 0 Å². The van der Waals surface area contributed by atoms with Crippen molar-refractivity contribution in [1.82, 2.24) is 5.01 Å². The van der Waals surface area contributed by atoms with E-state index >= 15 is 0 Å². The van der Waals surface area contributed by atoms with Crippen LogP contribution in [-0.2, 0) is 16.1 Å². The lowest BCUT2D eigenvalue weighted by Crippen LogP contribution is -2.39. The third kappa shape index (κ3) is 2.68. The van der Waals surface area contributed by atoms with Crippen molar-refractivity contribution in [3.63, 3.8) is 0 Å². The van der Waals surface area contributed by atoms with Crippen LogP contribution in [0.2, 0.25) is 5.02 Å². The molecule has 2 amide bonds. The van der Waals surface area contributed by atoms with Crippen molar-refractivity contribution in [3.05, 3.63) is 64.7 Å². The molecule has 2 aliphatic rings. The fraction of sp³-hybridized carbons (Fsp3) is 0.222. The highest BCUT2D eigenvalue weighted by Crippen LogP contribution is 2.33. The molecule has 0 radical (unpaired) electrons. The van der Waals surface area contributed by atoms with Gasteiger partial charge < -0.3 is 0 Å². The zero-order valence-corrected chi connectivity index (χ0v) is 14.2. The molecule has 0 aliphatic carbocycles. The van der Waals surface area contributed by atoms with E-state index in [1.807, 2.05) is 31.2 Å². The minimum absolute atomic E-state index is 0.311. The number of nitrogens with zero attached hydrogens (tertiary/aromatic N) is 4. The van der Waals surface area contributed by atoms with E-state index in [1.54, 1.807) is 29.3 Å². The van der Waals surface area contributed by atoms with E-state index in [9.17, 15) is 9.59 Å². The number of amides is 2. The van der Waals surface area contributed by atoms with Crippen LogP contribution < -0.4 is 4.90 Å². The summed E-state index contributed by atoms with van der Waals surface area (Å²) in [5.74, 6) is -0.665. The van der Waals surface area contributed by atoms with Crippen LogP contribution in [0.15, 0.2) is 58.9 Å². The van der Waals surface area contributed by atoms with Gasteiger partial charge in [-0.25, -0.2) is 4.90 Å². The number of rotatable bonds is 3. The van der Waals surface area contributed by atoms with Gasteiger partial charge in [0.15, 0.2) is 12.1 Å². The maximum atomic E-state index is 12.8. The van der Waals surface area contributed by atoms with Crippen molar-refractivity contribution < 1.29 is 9.59 Å². The molecule has 0 unspecified atom stereocenters. The molecule has 7 heteroatoms. The molecule has 2 aliphatic heterocycles. The van der Waals surface area contributed by atoms with Gasteiger partial charge in [-0.15, -0.1) is 0 Å². The minimum atomic E-state index is -0.784. The molecule has 2 aromatic carbocycles. The fourth-order valence-electron chi connectivity index (χ4n) is 3.08. The number of hydrogen-bond donors (Lipinski definition) is 0. The molecule has 1 fully saturated rings. The quantitative estimate of drug-likeness (QED) is 0.795. The second kappa shape index (κ2) is 5.97. The van der Waals surface area contributed by atoms with Crippen LogP contribution in [0.4, 0.5) is 5.69 Å². The monoisotopic (exact) mass is 354 g/mol. The Kier molecular flexibility index (Phi) is 3.77. The number of carbonyl (C=O) groups is 2.